The molecular formula is C22H22O5. The lowest BCUT2D eigenvalue weighted by Crippen LogP contribution is -2.06. The summed E-state index contributed by atoms with van der Waals surface area (Å²) >= 11 is 0. The van der Waals surface area contributed by atoms with E-state index in [2.05, 4.69) is 0 Å². The lowest BCUT2D eigenvalue weighted by Gasteiger charge is -2.12. The molecule has 0 fully saturated rings. The Morgan fingerprint density at radius 1 is 1.07 bits per heavy atom. The maximum Gasteiger partial charge on any atom is 0.197 e. The van der Waals surface area contributed by atoms with Crippen LogP contribution in [0.4, 0.5) is 0 Å². The summed E-state index contributed by atoms with van der Waals surface area (Å²) in [5.41, 5.74) is 2.19. The summed E-state index contributed by atoms with van der Waals surface area (Å²) in [7, 11) is 1.54. The number of benzene rings is 2. The first-order valence-corrected chi connectivity index (χ1v) is 8.63. The number of methoxy groups -OCH3 is 1. The zero-order valence-electron chi connectivity index (χ0n) is 15.7. The maximum atomic E-state index is 12.8. The van der Waals surface area contributed by atoms with E-state index in [1.54, 1.807) is 19.2 Å². The van der Waals surface area contributed by atoms with Crippen molar-refractivity contribution < 1.29 is 18.6 Å². The van der Waals surface area contributed by atoms with E-state index in [1.807, 2.05) is 50.3 Å². The molecule has 0 radical (unpaired) electrons. The summed E-state index contributed by atoms with van der Waals surface area (Å²) in [6.45, 7) is 4.41. The molecule has 1 aromatic heterocycles. The third-order valence-electron chi connectivity index (χ3n) is 3.90. The van der Waals surface area contributed by atoms with Crippen LogP contribution >= 0.6 is 0 Å². The van der Waals surface area contributed by atoms with E-state index in [4.69, 9.17) is 18.6 Å². The van der Waals surface area contributed by atoms with Gasteiger partial charge in [0, 0.05) is 30.9 Å². The zero-order chi connectivity index (χ0) is 19.2. The van der Waals surface area contributed by atoms with Crippen LogP contribution in [0.5, 0.6) is 11.5 Å². The average Bonchev–Trinajstić information content (AvgIpc) is 2.66. The van der Waals surface area contributed by atoms with Gasteiger partial charge in [-0.2, -0.15) is 0 Å². The lowest BCUT2D eigenvalue weighted by atomic mass is 10.1. The average molecular weight is 366 g/mol. The number of rotatable bonds is 7. The molecule has 0 aliphatic heterocycles. The summed E-state index contributed by atoms with van der Waals surface area (Å²) in [6.07, 6.45) is 1.94. The van der Waals surface area contributed by atoms with Crippen LogP contribution in [-0.4, -0.2) is 20.5 Å². The van der Waals surface area contributed by atoms with Crippen molar-refractivity contribution in [2.75, 3.05) is 20.5 Å². The first-order chi connectivity index (χ1) is 13.1. The quantitative estimate of drug-likeness (QED) is 0.445. The molecule has 27 heavy (non-hydrogen) atoms. The number of hydrogen-bond donors (Lipinski definition) is 0. The van der Waals surface area contributed by atoms with Crippen molar-refractivity contribution in [3.8, 4) is 22.8 Å². The fraction of sp³-hybridized carbons (Fsp3) is 0.227. The predicted octanol–water partition coefficient (Wildman–Crippen LogP) is 4.79. The van der Waals surface area contributed by atoms with Gasteiger partial charge in [-0.05, 0) is 19.9 Å². The standard InChI is InChI=1S/C22H22O5/c1-15(2)9-10-25-20-11-17(26-14-24-3)12-21-22(20)18(23)13-19(27-21)16-7-5-4-6-8-16/h4-9,11-13H,10,14H2,1-3H3. The van der Waals surface area contributed by atoms with E-state index >= 15 is 0 Å². The molecule has 0 saturated carbocycles. The van der Waals surface area contributed by atoms with Crippen LogP contribution in [0, 0.1) is 0 Å². The number of fused-ring (bicyclic) bond motifs is 1. The van der Waals surface area contributed by atoms with Crippen molar-refractivity contribution in [3.63, 3.8) is 0 Å². The first-order valence-electron chi connectivity index (χ1n) is 8.63. The van der Waals surface area contributed by atoms with E-state index < -0.39 is 0 Å². The Kier molecular flexibility index (Phi) is 5.94. The minimum atomic E-state index is -0.166. The minimum Gasteiger partial charge on any atom is -0.488 e. The van der Waals surface area contributed by atoms with E-state index in [0.717, 1.165) is 11.1 Å². The normalized spacial score (nSPS) is 10.6. The lowest BCUT2D eigenvalue weighted by molar-refractivity contribution is 0.0510. The van der Waals surface area contributed by atoms with Gasteiger partial charge in [0.2, 0.25) is 0 Å². The summed E-state index contributed by atoms with van der Waals surface area (Å²) in [5, 5.41) is 0.390. The number of ether oxygens (including phenoxy) is 3. The fourth-order valence-corrected chi connectivity index (χ4v) is 2.60. The maximum absolute atomic E-state index is 12.8. The second-order valence-corrected chi connectivity index (χ2v) is 6.28. The SMILES string of the molecule is COCOc1cc(OCC=C(C)C)c2c(=O)cc(-c3ccccc3)oc2c1. The van der Waals surface area contributed by atoms with Gasteiger partial charge in [0.25, 0.3) is 0 Å². The molecule has 5 nitrogen and oxygen atoms in total. The molecule has 0 bridgehead atoms. The Morgan fingerprint density at radius 2 is 1.85 bits per heavy atom. The molecule has 2 aromatic carbocycles. The third-order valence-corrected chi connectivity index (χ3v) is 3.90. The van der Waals surface area contributed by atoms with Crippen LogP contribution in [0.2, 0.25) is 0 Å². The summed E-state index contributed by atoms with van der Waals surface area (Å²) in [5.74, 6) is 1.42. The number of hydrogen-bond acceptors (Lipinski definition) is 5. The van der Waals surface area contributed by atoms with Crippen molar-refractivity contribution in [2.45, 2.75) is 13.8 Å². The van der Waals surface area contributed by atoms with Gasteiger partial charge in [-0.1, -0.05) is 35.9 Å². The van der Waals surface area contributed by atoms with Crippen LogP contribution < -0.4 is 14.9 Å². The molecule has 0 atom stereocenters. The van der Waals surface area contributed by atoms with Crippen LogP contribution in [0.25, 0.3) is 22.3 Å². The monoisotopic (exact) mass is 366 g/mol. The van der Waals surface area contributed by atoms with E-state index in [0.29, 0.717) is 34.8 Å². The minimum absolute atomic E-state index is 0.0848. The van der Waals surface area contributed by atoms with E-state index in [-0.39, 0.29) is 12.2 Å². The third kappa shape index (κ3) is 4.57. The second kappa shape index (κ2) is 8.56. The Hall–Kier alpha value is -3.05. The summed E-state index contributed by atoms with van der Waals surface area (Å²) in [6, 6.07) is 14.3. The summed E-state index contributed by atoms with van der Waals surface area (Å²) < 4.78 is 22.3. The highest BCUT2D eigenvalue weighted by atomic mass is 16.7. The van der Waals surface area contributed by atoms with Gasteiger partial charge in [0.1, 0.15) is 34.8 Å². The molecule has 0 saturated heterocycles. The Bertz CT molecular complexity index is 998. The predicted molar refractivity (Wildman–Crippen MR) is 105 cm³/mol. The number of allylic oxidation sites excluding steroid dienone is 1. The Morgan fingerprint density at radius 3 is 2.56 bits per heavy atom. The van der Waals surface area contributed by atoms with Crippen molar-refractivity contribution in [1.82, 2.24) is 0 Å². The Labute approximate surface area is 157 Å². The molecular weight excluding hydrogens is 344 g/mol. The molecule has 0 amide bonds. The van der Waals surface area contributed by atoms with E-state index in [1.165, 1.54) is 6.07 Å². The molecule has 5 heteroatoms. The van der Waals surface area contributed by atoms with Gasteiger partial charge >= 0.3 is 0 Å². The second-order valence-electron chi connectivity index (χ2n) is 6.28. The van der Waals surface area contributed by atoms with Crippen LogP contribution in [-0.2, 0) is 4.74 Å². The van der Waals surface area contributed by atoms with Crippen molar-refractivity contribution in [1.29, 1.82) is 0 Å². The highest BCUT2D eigenvalue weighted by Crippen LogP contribution is 2.32. The van der Waals surface area contributed by atoms with Crippen molar-refractivity contribution in [2.24, 2.45) is 0 Å². The van der Waals surface area contributed by atoms with Gasteiger partial charge < -0.3 is 18.6 Å². The molecule has 1 heterocycles. The fourth-order valence-electron chi connectivity index (χ4n) is 2.60. The molecule has 0 N–H and O–H groups in total. The van der Waals surface area contributed by atoms with Crippen LogP contribution in [0.15, 0.2) is 69.4 Å². The molecule has 140 valence electrons. The summed E-state index contributed by atoms with van der Waals surface area (Å²) in [4.78, 5) is 12.8. The molecule has 0 unspecified atom stereocenters. The molecule has 3 aromatic rings. The van der Waals surface area contributed by atoms with Gasteiger partial charge in [0.05, 0.1) is 0 Å². The highest BCUT2D eigenvalue weighted by molar-refractivity contribution is 5.86. The van der Waals surface area contributed by atoms with Gasteiger partial charge in [-0.3, -0.25) is 4.79 Å². The van der Waals surface area contributed by atoms with Gasteiger partial charge in [0.15, 0.2) is 12.2 Å². The molecule has 0 aliphatic rings. The highest BCUT2D eigenvalue weighted by Gasteiger charge is 2.14. The smallest absolute Gasteiger partial charge is 0.197 e. The topological polar surface area (TPSA) is 57.9 Å². The van der Waals surface area contributed by atoms with Crippen LogP contribution in [0.3, 0.4) is 0 Å². The van der Waals surface area contributed by atoms with Crippen LogP contribution in [0.1, 0.15) is 13.8 Å². The largest absolute Gasteiger partial charge is 0.488 e. The van der Waals surface area contributed by atoms with E-state index in [9.17, 15) is 4.79 Å². The van der Waals surface area contributed by atoms with Crippen molar-refractivity contribution in [3.05, 3.63) is 70.4 Å². The molecule has 0 aliphatic carbocycles. The van der Waals surface area contributed by atoms with Gasteiger partial charge in [-0.25, -0.2) is 0 Å². The molecule has 3 rings (SSSR count). The Balaban J connectivity index is 2.11. The zero-order valence-corrected chi connectivity index (χ0v) is 15.7. The van der Waals surface area contributed by atoms with Gasteiger partial charge in [-0.15, -0.1) is 0 Å². The molecule has 0 spiro atoms. The van der Waals surface area contributed by atoms with Crippen molar-refractivity contribution >= 4 is 11.0 Å². The first kappa shape index (κ1) is 18.7.